The van der Waals surface area contributed by atoms with Gasteiger partial charge in [0.25, 0.3) is 0 Å². The Kier molecular flexibility index (Phi) is 5.59. The number of imidazole rings is 1. The Morgan fingerprint density at radius 1 is 1.55 bits per heavy atom. The zero-order valence-corrected chi connectivity index (χ0v) is 12.6. The Balaban J connectivity index is 1.85. The topological polar surface area (TPSA) is 61.0 Å². The van der Waals surface area contributed by atoms with E-state index in [2.05, 4.69) is 34.0 Å². The zero-order chi connectivity index (χ0) is 14.4. The fourth-order valence-corrected chi connectivity index (χ4v) is 2.74. The standard InChI is InChI=1S/C15H26N4O/c1-3-4-7-17-15(20)13-6-5-12(2)19(9-13)10-14-8-16-11-18-14/h8,11-13H,3-7,9-10H2,1-2H3,(H,16,18)(H,17,20)/t12-,13+/m1/s1. The van der Waals surface area contributed by atoms with E-state index in [9.17, 15) is 4.79 Å². The SMILES string of the molecule is CCCCNC(=O)[C@H]1CC[C@@H](C)N(Cc2cnc[nH]2)C1. The van der Waals surface area contributed by atoms with Crippen LogP contribution in [0.2, 0.25) is 0 Å². The van der Waals surface area contributed by atoms with Crippen molar-refractivity contribution in [3.63, 3.8) is 0 Å². The van der Waals surface area contributed by atoms with E-state index in [1.165, 1.54) is 0 Å². The number of carbonyl (C=O) groups is 1. The van der Waals surface area contributed by atoms with Crippen LogP contribution in [0.3, 0.4) is 0 Å². The maximum Gasteiger partial charge on any atom is 0.224 e. The number of hydrogen-bond acceptors (Lipinski definition) is 3. The normalized spacial score (nSPS) is 23.7. The predicted octanol–water partition coefficient (Wildman–Crippen LogP) is 1.93. The van der Waals surface area contributed by atoms with Crippen LogP contribution in [-0.4, -0.2) is 39.9 Å². The molecular weight excluding hydrogens is 252 g/mol. The van der Waals surface area contributed by atoms with E-state index in [4.69, 9.17) is 0 Å². The van der Waals surface area contributed by atoms with Crippen LogP contribution < -0.4 is 5.32 Å². The number of aromatic amines is 1. The molecule has 0 aliphatic carbocycles. The van der Waals surface area contributed by atoms with Gasteiger partial charge in [-0.1, -0.05) is 13.3 Å². The lowest BCUT2D eigenvalue weighted by Crippen LogP contribution is -2.46. The molecule has 1 aromatic rings. The molecule has 0 spiro atoms. The van der Waals surface area contributed by atoms with Gasteiger partial charge in [-0.3, -0.25) is 9.69 Å². The Labute approximate surface area is 121 Å². The minimum Gasteiger partial charge on any atom is -0.356 e. The second-order valence-electron chi connectivity index (χ2n) is 5.77. The fraction of sp³-hybridized carbons (Fsp3) is 0.733. The van der Waals surface area contributed by atoms with Crippen molar-refractivity contribution in [3.8, 4) is 0 Å². The molecule has 1 aliphatic heterocycles. The van der Waals surface area contributed by atoms with E-state index < -0.39 is 0 Å². The van der Waals surface area contributed by atoms with Gasteiger partial charge in [0.05, 0.1) is 12.2 Å². The summed E-state index contributed by atoms with van der Waals surface area (Å²) in [5.74, 6) is 0.353. The van der Waals surface area contributed by atoms with E-state index in [0.717, 1.165) is 51.0 Å². The largest absolute Gasteiger partial charge is 0.356 e. The molecule has 2 N–H and O–H groups in total. The predicted molar refractivity (Wildman–Crippen MR) is 79.1 cm³/mol. The number of rotatable bonds is 6. The van der Waals surface area contributed by atoms with Gasteiger partial charge in [0.1, 0.15) is 0 Å². The average Bonchev–Trinajstić information content (AvgIpc) is 2.94. The number of likely N-dealkylation sites (tertiary alicyclic amines) is 1. The first kappa shape index (κ1) is 15.0. The number of hydrogen-bond donors (Lipinski definition) is 2. The highest BCUT2D eigenvalue weighted by Gasteiger charge is 2.29. The monoisotopic (exact) mass is 278 g/mol. The minimum atomic E-state index is 0.131. The third-order valence-electron chi connectivity index (χ3n) is 4.14. The van der Waals surface area contributed by atoms with Gasteiger partial charge in [-0.05, 0) is 26.2 Å². The molecule has 0 aromatic carbocycles. The minimum absolute atomic E-state index is 0.131. The van der Waals surface area contributed by atoms with Crippen molar-refractivity contribution in [2.75, 3.05) is 13.1 Å². The summed E-state index contributed by atoms with van der Waals surface area (Å²) in [6.07, 6.45) is 7.83. The van der Waals surface area contributed by atoms with Crippen molar-refractivity contribution >= 4 is 5.91 Å². The fourth-order valence-electron chi connectivity index (χ4n) is 2.74. The summed E-state index contributed by atoms with van der Waals surface area (Å²) in [4.78, 5) is 21.7. The number of H-pyrrole nitrogens is 1. The van der Waals surface area contributed by atoms with Gasteiger partial charge in [-0.15, -0.1) is 0 Å². The molecule has 2 atom stereocenters. The molecule has 1 aliphatic rings. The van der Waals surface area contributed by atoms with Crippen LogP contribution in [0.15, 0.2) is 12.5 Å². The van der Waals surface area contributed by atoms with Crippen LogP contribution in [0.1, 0.15) is 45.2 Å². The number of nitrogens with one attached hydrogen (secondary N) is 2. The van der Waals surface area contributed by atoms with Gasteiger partial charge >= 0.3 is 0 Å². The lowest BCUT2D eigenvalue weighted by molar-refractivity contribution is -0.127. The Morgan fingerprint density at radius 3 is 3.10 bits per heavy atom. The highest BCUT2D eigenvalue weighted by Crippen LogP contribution is 2.23. The highest BCUT2D eigenvalue weighted by atomic mass is 16.1. The van der Waals surface area contributed by atoms with Crippen LogP contribution in [0, 0.1) is 5.92 Å². The van der Waals surface area contributed by atoms with Crippen LogP contribution in [0.25, 0.3) is 0 Å². The molecule has 1 amide bonds. The van der Waals surface area contributed by atoms with Crippen molar-refractivity contribution in [3.05, 3.63) is 18.2 Å². The van der Waals surface area contributed by atoms with Crippen LogP contribution in [0.5, 0.6) is 0 Å². The molecule has 5 nitrogen and oxygen atoms in total. The van der Waals surface area contributed by atoms with Crippen LogP contribution >= 0.6 is 0 Å². The average molecular weight is 278 g/mol. The van der Waals surface area contributed by atoms with Gasteiger partial charge in [0.15, 0.2) is 0 Å². The summed E-state index contributed by atoms with van der Waals surface area (Å²) in [5.41, 5.74) is 1.11. The van der Waals surface area contributed by atoms with Crippen LogP contribution in [0.4, 0.5) is 0 Å². The van der Waals surface area contributed by atoms with E-state index in [1.54, 1.807) is 6.33 Å². The third-order valence-corrected chi connectivity index (χ3v) is 4.14. The lowest BCUT2D eigenvalue weighted by Gasteiger charge is -2.37. The van der Waals surface area contributed by atoms with Crippen molar-refractivity contribution in [1.29, 1.82) is 0 Å². The van der Waals surface area contributed by atoms with Gasteiger partial charge in [0, 0.05) is 37.6 Å². The Hall–Kier alpha value is -1.36. The maximum absolute atomic E-state index is 12.2. The molecule has 2 heterocycles. The first-order chi connectivity index (χ1) is 9.70. The molecule has 0 bridgehead atoms. The third kappa shape index (κ3) is 4.07. The number of amides is 1. The molecular formula is C15H26N4O. The second kappa shape index (κ2) is 7.43. The molecule has 0 unspecified atom stereocenters. The quantitative estimate of drug-likeness (QED) is 0.782. The van der Waals surface area contributed by atoms with Gasteiger partial charge < -0.3 is 10.3 Å². The summed E-state index contributed by atoms with van der Waals surface area (Å²) >= 11 is 0. The molecule has 112 valence electrons. The number of aromatic nitrogens is 2. The zero-order valence-electron chi connectivity index (χ0n) is 12.6. The van der Waals surface area contributed by atoms with Gasteiger partial charge in [0.2, 0.25) is 5.91 Å². The maximum atomic E-state index is 12.2. The van der Waals surface area contributed by atoms with Crippen molar-refractivity contribution in [2.24, 2.45) is 5.92 Å². The molecule has 1 fully saturated rings. The molecule has 20 heavy (non-hydrogen) atoms. The summed E-state index contributed by atoms with van der Waals surface area (Å²) in [5, 5.41) is 3.06. The Bertz CT molecular complexity index is 404. The molecule has 1 saturated heterocycles. The molecule has 0 radical (unpaired) electrons. The summed E-state index contributed by atoms with van der Waals surface area (Å²) in [7, 11) is 0. The smallest absolute Gasteiger partial charge is 0.224 e. The van der Waals surface area contributed by atoms with Crippen molar-refractivity contribution in [1.82, 2.24) is 20.2 Å². The van der Waals surface area contributed by atoms with E-state index in [-0.39, 0.29) is 11.8 Å². The number of carbonyl (C=O) groups excluding carboxylic acids is 1. The van der Waals surface area contributed by atoms with Gasteiger partial charge in [-0.2, -0.15) is 0 Å². The first-order valence-corrected chi connectivity index (χ1v) is 7.69. The molecule has 1 aromatic heterocycles. The number of unbranched alkanes of at least 4 members (excludes halogenated alkanes) is 1. The summed E-state index contributed by atoms with van der Waals surface area (Å²) in [6.45, 7) is 6.88. The second-order valence-corrected chi connectivity index (χ2v) is 5.77. The molecule has 0 saturated carbocycles. The number of nitrogens with zero attached hydrogens (tertiary/aromatic N) is 2. The van der Waals surface area contributed by atoms with Crippen molar-refractivity contribution in [2.45, 2.75) is 52.1 Å². The summed E-state index contributed by atoms with van der Waals surface area (Å²) < 4.78 is 0. The lowest BCUT2D eigenvalue weighted by atomic mass is 9.92. The van der Waals surface area contributed by atoms with Gasteiger partial charge in [-0.25, -0.2) is 4.98 Å². The van der Waals surface area contributed by atoms with Crippen LogP contribution in [-0.2, 0) is 11.3 Å². The molecule has 2 rings (SSSR count). The van der Waals surface area contributed by atoms with Crippen molar-refractivity contribution < 1.29 is 4.79 Å². The van der Waals surface area contributed by atoms with E-state index >= 15 is 0 Å². The Morgan fingerprint density at radius 2 is 2.40 bits per heavy atom. The first-order valence-electron chi connectivity index (χ1n) is 7.69. The highest BCUT2D eigenvalue weighted by molar-refractivity contribution is 5.78. The van der Waals surface area contributed by atoms with E-state index in [1.807, 2.05) is 6.20 Å². The molecule has 5 heteroatoms. The summed E-state index contributed by atoms with van der Waals surface area (Å²) in [6, 6.07) is 0.526. The number of piperidine rings is 1. The van der Waals surface area contributed by atoms with E-state index in [0.29, 0.717) is 6.04 Å².